The largest absolute Gasteiger partial charge is 0.366 e. The fraction of sp³-hybridized carbons (Fsp3) is 0.875. The molecule has 3 nitrogen and oxygen atoms in total. The molecule has 1 N–H and O–H groups in total. The van der Waals surface area contributed by atoms with Crippen LogP contribution in [-0.2, 0) is 0 Å². The lowest BCUT2D eigenvalue weighted by Gasteiger charge is -2.35. The van der Waals surface area contributed by atoms with E-state index in [1.807, 2.05) is 7.05 Å². The third kappa shape index (κ3) is 2.32. The molecule has 0 unspecified atom stereocenters. The smallest absolute Gasteiger partial charge is 0.168 e. The maximum Gasteiger partial charge on any atom is 0.168 e. The van der Waals surface area contributed by atoms with Crippen molar-refractivity contribution < 1.29 is 0 Å². The summed E-state index contributed by atoms with van der Waals surface area (Å²) in [5.41, 5.74) is 0. The van der Waals surface area contributed by atoms with E-state index in [1.54, 1.807) is 0 Å². The molecule has 1 aliphatic heterocycles. The van der Waals surface area contributed by atoms with E-state index in [4.69, 9.17) is 12.2 Å². The van der Waals surface area contributed by atoms with Gasteiger partial charge in [-0.3, -0.25) is 0 Å². The van der Waals surface area contributed by atoms with Crippen LogP contribution in [0.2, 0.25) is 0 Å². The van der Waals surface area contributed by atoms with E-state index in [0.717, 1.165) is 37.8 Å². The highest BCUT2D eigenvalue weighted by atomic mass is 32.1. The summed E-state index contributed by atoms with van der Waals surface area (Å²) in [6.07, 6.45) is 0. The average molecular weight is 187 g/mol. The first-order valence-corrected chi connectivity index (χ1v) is 4.87. The maximum atomic E-state index is 5.15. The summed E-state index contributed by atoms with van der Waals surface area (Å²) in [5.74, 6) is 0. The quantitative estimate of drug-likeness (QED) is 0.588. The molecule has 0 saturated carbocycles. The molecule has 0 aromatic rings. The van der Waals surface area contributed by atoms with Crippen LogP contribution in [0.15, 0.2) is 0 Å². The first-order valence-electron chi connectivity index (χ1n) is 4.47. The molecule has 0 spiro atoms. The zero-order valence-corrected chi connectivity index (χ0v) is 8.65. The minimum atomic E-state index is 0.880. The topological polar surface area (TPSA) is 18.5 Å². The number of thiocarbonyl (C=S) groups is 1. The molecular weight excluding hydrogens is 170 g/mol. The van der Waals surface area contributed by atoms with Crippen molar-refractivity contribution >= 4 is 17.3 Å². The average Bonchev–Trinajstić information content (AvgIpc) is 2.17. The van der Waals surface area contributed by atoms with Crippen LogP contribution >= 0.6 is 12.2 Å². The molecule has 0 atom stereocenters. The van der Waals surface area contributed by atoms with E-state index in [-0.39, 0.29) is 0 Å². The van der Waals surface area contributed by atoms with Crippen LogP contribution in [0.4, 0.5) is 0 Å². The fourth-order valence-electron chi connectivity index (χ4n) is 1.43. The minimum absolute atomic E-state index is 0.880. The Balaban J connectivity index is 2.30. The summed E-state index contributed by atoms with van der Waals surface area (Å²) < 4.78 is 0. The molecule has 1 aliphatic rings. The highest BCUT2D eigenvalue weighted by Gasteiger charge is 2.16. The van der Waals surface area contributed by atoms with Crippen molar-refractivity contribution in [1.29, 1.82) is 0 Å². The Morgan fingerprint density at radius 3 is 2.33 bits per heavy atom. The van der Waals surface area contributed by atoms with Gasteiger partial charge in [-0.2, -0.15) is 0 Å². The standard InChI is InChI=1S/C8H17N3S/c1-3-10-4-6-11(7-5-10)8(12)9-2/h3-7H2,1-2H3,(H,9,12). The Morgan fingerprint density at radius 2 is 1.92 bits per heavy atom. The Labute approximate surface area is 79.7 Å². The Bertz CT molecular complexity index is 152. The highest BCUT2D eigenvalue weighted by molar-refractivity contribution is 7.80. The molecule has 0 aromatic carbocycles. The van der Waals surface area contributed by atoms with Gasteiger partial charge in [-0.1, -0.05) is 6.92 Å². The Hall–Kier alpha value is -0.350. The lowest BCUT2D eigenvalue weighted by Crippen LogP contribution is -2.50. The first-order chi connectivity index (χ1) is 5.77. The summed E-state index contributed by atoms with van der Waals surface area (Å²) in [4.78, 5) is 4.66. The number of rotatable bonds is 1. The Kier molecular flexibility index (Phi) is 3.75. The summed E-state index contributed by atoms with van der Waals surface area (Å²) in [6, 6.07) is 0. The van der Waals surface area contributed by atoms with Gasteiger partial charge in [-0.05, 0) is 18.8 Å². The van der Waals surface area contributed by atoms with Gasteiger partial charge in [0, 0.05) is 33.2 Å². The summed E-state index contributed by atoms with van der Waals surface area (Å²) in [5, 5.41) is 3.89. The van der Waals surface area contributed by atoms with Crippen molar-refractivity contribution in [3.63, 3.8) is 0 Å². The summed E-state index contributed by atoms with van der Waals surface area (Å²) in [7, 11) is 1.88. The van der Waals surface area contributed by atoms with Crippen LogP contribution in [0.1, 0.15) is 6.92 Å². The van der Waals surface area contributed by atoms with Crippen molar-refractivity contribution in [3.05, 3.63) is 0 Å². The molecule has 0 aromatic heterocycles. The van der Waals surface area contributed by atoms with Crippen molar-refractivity contribution in [2.75, 3.05) is 39.8 Å². The molecular formula is C8H17N3S. The molecule has 1 saturated heterocycles. The maximum absolute atomic E-state index is 5.15. The molecule has 0 radical (unpaired) electrons. The van der Waals surface area contributed by atoms with Gasteiger partial charge in [0.2, 0.25) is 0 Å². The van der Waals surface area contributed by atoms with Gasteiger partial charge < -0.3 is 15.1 Å². The van der Waals surface area contributed by atoms with E-state index < -0.39 is 0 Å². The molecule has 12 heavy (non-hydrogen) atoms. The SMILES string of the molecule is CCN1CCN(C(=S)NC)CC1. The molecule has 0 aliphatic carbocycles. The van der Waals surface area contributed by atoms with Crippen LogP contribution < -0.4 is 5.32 Å². The third-order valence-electron chi connectivity index (χ3n) is 2.32. The monoisotopic (exact) mass is 187 g/mol. The van der Waals surface area contributed by atoms with Gasteiger partial charge in [-0.25, -0.2) is 0 Å². The molecule has 1 heterocycles. The third-order valence-corrected chi connectivity index (χ3v) is 2.78. The molecule has 70 valence electrons. The van der Waals surface area contributed by atoms with Crippen molar-refractivity contribution in [2.24, 2.45) is 0 Å². The van der Waals surface area contributed by atoms with Crippen LogP contribution in [0, 0.1) is 0 Å². The Morgan fingerprint density at radius 1 is 1.33 bits per heavy atom. The predicted molar refractivity (Wildman–Crippen MR) is 55.3 cm³/mol. The number of hydrogen-bond acceptors (Lipinski definition) is 2. The normalized spacial score (nSPS) is 19.3. The predicted octanol–water partition coefficient (Wildman–Crippen LogP) is 0.128. The second-order valence-corrected chi connectivity index (χ2v) is 3.36. The second kappa shape index (κ2) is 4.62. The van der Waals surface area contributed by atoms with Gasteiger partial charge in [0.15, 0.2) is 5.11 Å². The molecule has 1 fully saturated rings. The van der Waals surface area contributed by atoms with E-state index in [2.05, 4.69) is 22.0 Å². The molecule has 0 bridgehead atoms. The zero-order valence-electron chi connectivity index (χ0n) is 7.84. The number of nitrogens with zero attached hydrogens (tertiary/aromatic N) is 2. The van der Waals surface area contributed by atoms with E-state index >= 15 is 0 Å². The van der Waals surface area contributed by atoms with Gasteiger partial charge in [0.05, 0.1) is 0 Å². The fourth-order valence-corrected chi connectivity index (χ4v) is 1.61. The zero-order chi connectivity index (χ0) is 8.97. The van der Waals surface area contributed by atoms with Gasteiger partial charge in [0.25, 0.3) is 0 Å². The van der Waals surface area contributed by atoms with Gasteiger partial charge in [0.1, 0.15) is 0 Å². The highest BCUT2D eigenvalue weighted by Crippen LogP contribution is 2.00. The van der Waals surface area contributed by atoms with Crippen LogP contribution in [-0.4, -0.2) is 54.7 Å². The van der Waals surface area contributed by atoms with Gasteiger partial charge in [-0.15, -0.1) is 0 Å². The van der Waals surface area contributed by atoms with Crippen molar-refractivity contribution in [3.8, 4) is 0 Å². The number of piperazine rings is 1. The van der Waals surface area contributed by atoms with E-state index in [9.17, 15) is 0 Å². The van der Waals surface area contributed by atoms with Crippen molar-refractivity contribution in [2.45, 2.75) is 6.92 Å². The minimum Gasteiger partial charge on any atom is -0.366 e. The summed E-state index contributed by atoms with van der Waals surface area (Å²) >= 11 is 5.15. The van der Waals surface area contributed by atoms with Crippen LogP contribution in [0.25, 0.3) is 0 Å². The van der Waals surface area contributed by atoms with Crippen LogP contribution in [0.5, 0.6) is 0 Å². The number of likely N-dealkylation sites (N-methyl/N-ethyl adjacent to an activating group) is 1. The van der Waals surface area contributed by atoms with E-state index in [0.29, 0.717) is 0 Å². The van der Waals surface area contributed by atoms with E-state index in [1.165, 1.54) is 0 Å². The summed E-state index contributed by atoms with van der Waals surface area (Å²) in [6.45, 7) is 7.75. The molecule has 0 amide bonds. The lowest BCUT2D eigenvalue weighted by atomic mass is 10.3. The second-order valence-electron chi connectivity index (χ2n) is 2.98. The first kappa shape index (κ1) is 9.74. The number of nitrogens with one attached hydrogen (secondary N) is 1. The van der Waals surface area contributed by atoms with Crippen LogP contribution in [0.3, 0.4) is 0 Å². The number of hydrogen-bond donors (Lipinski definition) is 1. The van der Waals surface area contributed by atoms with Gasteiger partial charge >= 0.3 is 0 Å². The van der Waals surface area contributed by atoms with Crippen molar-refractivity contribution in [1.82, 2.24) is 15.1 Å². The molecule has 4 heteroatoms. The lowest BCUT2D eigenvalue weighted by molar-refractivity contribution is 0.189. The molecule has 1 rings (SSSR count).